The molecule has 20 heavy (non-hydrogen) atoms. The third kappa shape index (κ3) is 2.92. The van der Waals surface area contributed by atoms with Crippen molar-refractivity contribution in [3.05, 3.63) is 35.8 Å². The molecule has 2 heterocycles. The van der Waals surface area contributed by atoms with Crippen LogP contribution in [0.3, 0.4) is 0 Å². The molecule has 0 fully saturated rings. The van der Waals surface area contributed by atoms with Crippen molar-refractivity contribution in [1.29, 1.82) is 0 Å². The van der Waals surface area contributed by atoms with Crippen molar-refractivity contribution in [2.75, 3.05) is 0 Å². The Morgan fingerprint density at radius 3 is 2.60 bits per heavy atom. The summed E-state index contributed by atoms with van der Waals surface area (Å²) in [6.45, 7) is 11.8. The highest BCUT2D eigenvalue weighted by Crippen LogP contribution is 2.37. The normalized spacial score (nSPS) is 13.1. The lowest BCUT2D eigenvalue weighted by atomic mass is 10.2. The molecule has 0 saturated carbocycles. The summed E-state index contributed by atoms with van der Waals surface area (Å²) in [5, 5.41) is 0.203. The van der Waals surface area contributed by atoms with Crippen LogP contribution in [-0.2, 0) is 16.9 Å². The zero-order valence-electron chi connectivity index (χ0n) is 12.9. The maximum absolute atomic E-state index is 6.31. The van der Waals surface area contributed by atoms with Crippen molar-refractivity contribution in [1.82, 2.24) is 9.38 Å². The Hall–Kier alpha value is -0.843. The van der Waals surface area contributed by atoms with E-state index in [1.165, 1.54) is 0 Å². The molecule has 110 valence electrons. The van der Waals surface area contributed by atoms with Gasteiger partial charge in [0.2, 0.25) is 0 Å². The molecule has 0 aliphatic rings. The zero-order valence-corrected chi connectivity index (χ0v) is 14.7. The summed E-state index contributed by atoms with van der Waals surface area (Å²) in [5.41, 5.74) is 2.91. The molecular weight excluding hydrogens is 288 g/mol. The minimum Gasteiger partial charge on any atom is -0.411 e. The van der Waals surface area contributed by atoms with Crippen molar-refractivity contribution >= 4 is 25.6 Å². The van der Waals surface area contributed by atoms with Crippen LogP contribution < -0.4 is 0 Å². The minimum absolute atomic E-state index is 0.203. The molecular formula is C15H23ClN2OSi. The SMILES string of the molecule is CC(C)(C)[Si](C)(C)OCc1c(CCl)nc2ccccn12. The van der Waals surface area contributed by atoms with Gasteiger partial charge in [-0.1, -0.05) is 26.8 Å². The first-order valence-corrected chi connectivity index (χ1v) is 10.4. The van der Waals surface area contributed by atoms with Gasteiger partial charge in [-0.05, 0) is 30.3 Å². The quantitative estimate of drug-likeness (QED) is 0.609. The maximum Gasteiger partial charge on any atom is 0.192 e. The fraction of sp³-hybridized carbons (Fsp3) is 0.533. The topological polar surface area (TPSA) is 26.5 Å². The highest BCUT2D eigenvalue weighted by Gasteiger charge is 2.37. The Morgan fingerprint density at radius 2 is 2.00 bits per heavy atom. The largest absolute Gasteiger partial charge is 0.411 e. The standard InChI is InChI=1S/C15H23ClN2OSi/c1-15(2,3)20(4,5)19-11-13-12(10-16)17-14-8-6-7-9-18(13)14/h6-9H,10-11H2,1-5H3. The number of pyridine rings is 1. The van der Waals surface area contributed by atoms with Crippen LogP contribution in [0.4, 0.5) is 0 Å². The molecule has 0 aromatic carbocycles. The first kappa shape index (κ1) is 15.5. The monoisotopic (exact) mass is 310 g/mol. The Labute approximate surface area is 127 Å². The molecule has 0 radical (unpaired) electrons. The fourth-order valence-electron chi connectivity index (χ4n) is 1.82. The summed E-state index contributed by atoms with van der Waals surface area (Å²) in [4.78, 5) is 4.56. The van der Waals surface area contributed by atoms with Crippen LogP contribution in [0.25, 0.3) is 5.65 Å². The lowest BCUT2D eigenvalue weighted by Crippen LogP contribution is -2.40. The van der Waals surface area contributed by atoms with E-state index in [-0.39, 0.29) is 5.04 Å². The molecule has 5 heteroatoms. The molecule has 2 aromatic rings. The first-order chi connectivity index (χ1) is 9.26. The van der Waals surface area contributed by atoms with Crippen molar-refractivity contribution in [2.24, 2.45) is 0 Å². The van der Waals surface area contributed by atoms with Gasteiger partial charge in [0.25, 0.3) is 0 Å². The van der Waals surface area contributed by atoms with Crippen LogP contribution in [0.15, 0.2) is 24.4 Å². The van der Waals surface area contributed by atoms with E-state index in [4.69, 9.17) is 16.0 Å². The van der Waals surface area contributed by atoms with Gasteiger partial charge in [-0.25, -0.2) is 4.98 Å². The Kier molecular flexibility index (Phi) is 4.28. The van der Waals surface area contributed by atoms with E-state index in [0.717, 1.165) is 17.0 Å². The van der Waals surface area contributed by atoms with Crippen molar-refractivity contribution in [2.45, 2.75) is 51.4 Å². The fourth-order valence-corrected chi connectivity index (χ4v) is 2.97. The third-order valence-electron chi connectivity index (χ3n) is 4.21. The second kappa shape index (κ2) is 5.51. The molecule has 3 nitrogen and oxygen atoms in total. The van der Waals surface area contributed by atoms with Gasteiger partial charge in [0.15, 0.2) is 8.32 Å². The summed E-state index contributed by atoms with van der Waals surface area (Å²) in [6.07, 6.45) is 2.02. The molecule has 2 rings (SSSR count). The van der Waals surface area contributed by atoms with E-state index < -0.39 is 8.32 Å². The Morgan fingerprint density at radius 1 is 1.30 bits per heavy atom. The summed E-state index contributed by atoms with van der Waals surface area (Å²) >= 11 is 6.02. The van der Waals surface area contributed by atoms with Gasteiger partial charge in [-0.3, -0.25) is 0 Å². The number of hydrogen-bond donors (Lipinski definition) is 0. The number of imidazole rings is 1. The molecule has 0 unspecified atom stereocenters. The highest BCUT2D eigenvalue weighted by atomic mass is 35.5. The van der Waals surface area contributed by atoms with Crippen LogP contribution in [0.5, 0.6) is 0 Å². The van der Waals surface area contributed by atoms with Gasteiger partial charge in [-0.15, -0.1) is 11.6 Å². The molecule has 0 spiro atoms. The van der Waals surface area contributed by atoms with Crippen LogP contribution in [-0.4, -0.2) is 17.7 Å². The van der Waals surface area contributed by atoms with E-state index in [1.807, 2.05) is 24.4 Å². The Balaban J connectivity index is 2.30. The molecule has 0 aliphatic carbocycles. The summed E-state index contributed by atoms with van der Waals surface area (Å²) < 4.78 is 8.38. The van der Waals surface area contributed by atoms with Crippen molar-refractivity contribution < 1.29 is 4.43 Å². The lowest BCUT2D eigenvalue weighted by molar-refractivity contribution is 0.270. The molecule has 0 aliphatic heterocycles. The zero-order chi connectivity index (χ0) is 15.0. The summed E-state index contributed by atoms with van der Waals surface area (Å²) in [5.74, 6) is 0.415. The number of fused-ring (bicyclic) bond motifs is 1. The van der Waals surface area contributed by atoms with Gasteiger partial charge >= 0.3 is 0 Å². The van der Waals surface area contributed by atoms with Gasteiger partial charge in [0.05, 0.1) is 23.9 Å². The van der Waals surface area contributed by atoms with E-state index >= 15 is 0 Å². The number of halogens is 1. The first-order valence-electron chi connectivity index (χ1n) is 6.91. The molecule has 0 atom stereocenters. The van der Waals surface area contributed by atoms with Gasteiger partial charge in [0.1, 0.15) is 5.65 Å². The van der Waals surface area contributed by atoms with E-state index in [1.54, 1.807) is 0 Å². The molecule has 0 saturated heterocycles. The van der Waals surface area contributed by atoms with E-state index in [9.17, 15) is 0 Å². The smallest absolute Gasteiger partial charge is 0.192 e. The average molecular weight is 311 g/mol. The molecule has 0 amide bonds. The van der Waals surface area contributed by atoms with Gasteiger partial charge < -0.3 is 8.83 Å². The molecule has 0 N–H and O–H groups in total. The minimum atomic E-state index is -1.77. The predicted molar refractivity (Wildman–Crippen MR) is 86.7 cm³/mol. The number of aromatic nitrogens is 2. The molecule has 0 bridgehead atoms. The van der Waals surface area contributed by atoms with Gasteiger partial charge in [0, 0.05) is 6.20 Å². The van der Waals surface area contributed by atoms with Crippen LogP contribution in [0.1, 0.15) is 32.2 Å². The maximum atomic E-state index is 6.31. The number of alkyl halides is 1. The van der Waals surface area contributed by atoms with Crippen LogP contribution in [0, 0.1) is 0 Å². The van der Waals surface area contributed by atoms with Crippen molar-refractivity contribution in [3.63, 3.8) is 0 Å². The Bertz CT molecular complexity index is 601. The van der Waals surface area contributed by atoms with Gasteiger partial charge in [-0.2, -0.15) is 0 Å². The second-order valence-corrected chi connectivity index (χ2v) is 11.7. The second-order valence-electron chi connectivity index (χ2n) is 6.62. The lowest BCUT2D eigenvalue weighted by Gasteiger charge is -2.36. The van der Waals surface area contributed by atoms with E-state index in [2.05, 4.69) is 43.2 Å². The summed E-state index contributed by atoms with van der Waals surface area (Å²) in [7, 11) is -1.77. The van der Waals surface area contributed by atoms with Crippen LogP contribution >= 0.6 is 11.6 Å². The highest BCUT2D eigenvalue weighted by molar-refractivity contribution is 6.74. The third-order valence-corrected chi connectivity index (χ3v) is 8.95. The van der Waals surface area contributed by atoms with Crippen molar-refractivity contribution in [3.8, 4) is 0 Å². The summed E-state index contributed by atoms with van der Waals surface area (Å²) in [6, 6.07) is 5.98. The number of rotatable bonds is 4. The predicted octanol–water partition coefficient (Wildman–Crippen LogP) is 4.59. The van der Waals surface area contributed by atoms with E-state index in [0.29, 0.717) is 12.5 Å². The number of hydrogen-bond acceptors (Lipinski definition) is 2. The average Bonchev–Trinajstić information content (AvgIpc) is 2.73. The van der Waals surface area contributed by atoms with Crippen LogP contribution in [0.2, 0.25) is 18.1 Å². The number of nitrogens with zero attached hydrogens (tertiary/aromatic N) is 2. The molecule has 2 aromatic heterocycles.